The highest BCUT2D eigenvalue weighted by Gasteiger charge is 2.05. The van der Waals surface area contributed by atoms with Crippen molar-refractivity contribution in [2.45, 2.75) is 0 Å². The number of nitriles is 1. The first kappa shape index (κ1) is 16.0. The van der Waals surface area contributed by atoms with Crippen LogP contribution in [0.5, 0.6) is 5.75 Å². The number of nitrogens with zero attached hydrogens (tertiary/aromatic N) is 1. The van der Waals surface area contributed by atoms with Crippen LogP contribution in [0.15, 0.2) is 59.6 Å². The van der Waals surface area contributed by atoms with Crippen LogP contribution >= 0.6 is 15.9 Å². The molecule has 4 heteroatoms. The minimum absolute atomic E-state index is 0.368. The summed E-state index contributed by atoms with van der Waals surface area (Å²) < 4.78 is 19.5. The van der Waals surface area contributed by atoms with Gasteiger partial charge in [-0.05, 0) is 57.4 Å². The predicted molar refractivity (Wildman–Crippen MR) is 89.7 cm³/mol. The number of hydrogen-bond acceptors (Lipinski definition) is 2. The van der Waals surface area contributed by atoms with Gasteiger partial charge in [0.05, 0.1) is 16.1 Å². The summed E-state index contributed by atoms with van der Waals surface area (Å²) in [4.78, 5) is 0. The van der Waals surface area contributed by atoms with Crippen molar-refractivity contribution >= 4 is 27.6 Å². The smallest absolute Gasteiger partial charge is 0.133 e. The van der Waals surface area contributed by atoms with Crippen LogP contribution in [0.4, 0.5) is 4.39 Å². The van der Waals surface area contributed by atoms with Crippen LogP contribution in [0.3, 0.4) is 0 Å². The SMILES string of the molecule is C=CCOc1ccc(/C=C(/C#N)c2cccc(F)c2)cc1Br. The first-order chi connectivity index (χ1) is 10.6. The normalized spacial score (nSPS) is 10.9. The van der Waals surface area contributed by atoms with E-state index < -0.39 is 0 Å². The topological polar surface area (TPSA) is 33.0 Å². The number of rotatable bonds is 5. The molecule has 2 rings (SSSR count). The van der Waals surface area contributed by atoms with Crippen molar-refractivity contribution in [2.24, 2.45) is 0 Å². The van der Waals surface area contributed by atoms with Gasteiger partial charge < -0.3 is 4.74 Å². The zero-order valence-electron chi connectivity index (χ0n) is 11.7. The Labute approximate surface area is 137 Å². The van der Waals surface area contributed by atoms with Crippen LogP contribution in [0.2, 0.25) is 0 Å². The number of ether oxygens (including phenoxy) is 1. The van der Waals surface area contributed by atoms with E-state index in [1.165, 1.54) is 12.1 Å². The van der Waals surface area contributed by atoms with Crippen molar-refractivity contribution < 1.29 is 9.13 Å². The molecule has 0 aromatic heterocycles. The molecule has 0 bridgehead atoms. The third-order valence-corrected chi connectivity index (χ3v) is 3.50. The second kappa shape index (κ2) is 7.58. The van der Waals surface area contributed by atoms with Crippen molar-refractivity contribution in [1.29, 1.82) is 5.26 Å². The monoisotopic (exact) mass is 357 g/mol. The Balaban J connectivity index is 2.32. The Morgan fingerprint density at radius 1 is 1.32 bits per heavy atom. The maximum Gasteiger partial charge on any atom is 0.133 e. The molecule has 2 nitrogen and oxygen atoms in total. The van der Waals surface area contributed by atoms with Crippen LogP contribution in [0.1, 0.15) is 11.1 Å². The fraction of sp³-hybridized carbons (Fsp3) is 0.0556. The molecule has 0 aliphatic rings. The zero-order chi connectivity index (χ0) is 15.9. The summed E-state index contributed by atoms with van der Waals surface area (Å²) in [7, 11) is 0. The summed E-state index contributed by atoms with van der Waals surface area (Å²) in [5.41, 5.74) is 1.76. The minimum Gasteiger partial charge on any atom is -0.488 e. The number of benzene rings is 2. The van der Waals surface area contributed by atoms with Gasteiger partial charge >= 0.3 is 0 Å². The van der Waals surface area contributed by atoms with E-state index in [2.05, 4.69) is 28.6 Å². The van der Waals surface area contributed by atoms with Gasteiger partial charge in [-0.15, -0.1) is 0 Å². The average Bonchev–Trinajstić information content (AvgIpc) is 2.51. The highest BCUT2D eigenvalue weighted by Crippen LogP contribution is 2.28. The van der Waals surface area contributed by atoms with E-state index in [-0.39, 0.29) is 5.82 Å². The molecule has 0 fully saturated rings. The lowest BCUT2D eigenvalue weighted by molar-refractivity contribution is 0.361. The molecule has 0 unspecified atom stereocenters. The Kier molecular flexibility index (Phi) is 5.51. The second-order valence-corrected chi connectivity index (χ2v) is 5.32. The van der Waals surface area contributed by atoms with E-state index in [1.807, 2.05) is 12.1 Å². The maximum absolute atomic E-state index is 13.3. The Morgan fingerprint density at radius 3 is 2.77 bits per heavy atom. The maximum atomic E-state index is 13.3. The van der Waals surface area contributed by atoms with Crippen molar-refractivity contribution in [3.05, 3.63) is 76.5 Å². The molecule has 110 valence electrons. The molecule has 0 spiro atoms. The standard InChI is InChI=1S/C18H13BrFNO/c1-2-8-22-18-7-6-13(10-17(18)19)9-15(12-21)14-4-3-5-16(20)11-14/h2-7,9-11H,1,8H2/b15-9-. The van der Waals surface area contributed by atoms with Gasteiger partial charge in [0, 0.05) is 0 Å². The third kappa shape index (κ3) is 4.06. The molecular formula is C18H13BrFNO. The molecule has 0 heterocycles. The summed E-state index contributed by atoms with van der Waals surface area (Å²) >= 11 is 3.43. The highest BCUT2D eigenvalue weighted by atomic mass is 79.9. The number of hydrogen-bond donors (Lipinski definition) is 0. The van der Waals surface area contributed by atoms with Gasteiger partial charge in [0.25, 0.3) is 0 Å². The molecule has 0 saturated carbocycles. The Bertz CT molecular complexity index is 762. The molecule has 0 N–H and O–H groups in total. The van der Waals surface area contributed by atoms with Crippen molar-refractivity contribution in [2.75, 3.05) is 6.61 Å². The molecule has 0 saturated heterocycles. The second-order valence-electron chi connectivity index (χ2n) is 4.47. The van der Waals surface area contributed by atoms with Gasteiger partial charge in [-0.3, -0.25) is 0 Å². The minimum atomic E-state index is -0.368. The first-order valence-electron chi connectivity index (χ1n) is 6.55. The number of halogens is 2. The van der Waals surface area contributed by atoms with Crippen LogP contribution in [-0.4, -0.2) is 6.61 Å². The van der Waals surface area contributed by atoms with Gasteiger partial charge in [0.1, 0.15) is 18.2 Å². The van der Waals surface area contributed by atoms with Crippen LogP contribution in [0, 0.1) is 17.1 Å². The molecule has 0 radical (unpaired) electrons. The lowest BCUT2D eigenvalue weighted by Gasteiger charge is -2.07. The fourth-order valence-electron chi connectivity index (χ4n) is 1.88. The fourth-order valence-corrected chi connectivity index (χ4v) is 2.39. The van der Waals surface area contributed by atoms with E-state index in [1.54, 1.807) is 30.4 Å². The van der Waals surface area contributed by atoms with Gasteiger partial charge in [0.2, 0.25) is 0 Å². The summed E-state index contributed by atoms with van der Waals surface area (Å²) in [6.07, 6.45) is 3.37. The van der Waals surface area contributed by atoms with E-state index in [9.17, 15) is 9.65 Å². The van der Waals surface area contributed by atoms with Gasteiger partial charge in [-0.25, -0.2) is 4.39 Å². The van der Waals surface area contributed by atoms with Crippen molar-refractivity contribution in [3.63, 3.8) is 0 Å². The molecule has 22 heavy (non-hydrogen) atoms. The Hall–Kier alpha value is -2.38. The summed E-state index contributed by atoms with van der Waals surface area (Å²) in [6, 6.07) is 13.5. The Morgan fingerprint density at radius 2 is 2.14 bits per heavy atom. The van der Waals surface area contributed by atoms with Gasteiger partial charge in [0.15, 0.2) is 0 Å². The van der Waals surface area contributed by atoms with E-state index in [4.69, 9.17) is 4.74 Å². The average molecular weight is 358 g/mol. The van der Waals surface area contributed by atoms with Gasteiger partial charge in [-0.1, -0.05) is 30.9 Å². The lowest BCUT2D eigenvalue weighted by Crippen LogP contribution is -1.93. The molecular weight excluding hydrogens is 345 g/mol. The lowest BCUT2D eigenvalue weighted by atomic mass is 10.0. The molecule has 0 aliphatic heterocycles. The largest absolute Gasteiger partial charge is 0.488 e. The predicted octanol–water partition coefficient (Wildman–Crippen LogP) is 5.22. The third-order valence-electron chi connectivity index (χ3n) is 2.88. The summed E-state index contributed by atoms with van der Waals surface area (Å²) in [6.45, 7) is 4.01. The quantitative estimate of drug-likeness (QED) is 0.417. The molecule has 0 amide bonds. The summed E-state index contributed by atoms with van der Waals surface area (Å²) in [5.74, 6) is 0.328. The molecule has 0 atom stereocenters. The van der Waals surface area contributed by atoms with Crippen LogP contribution < -0.4 is 4.74 Å². The van der Waals surface area contributed by atoms with E-state index >= 15 is 0 Å². The van der Waals surface area contributed by atoms with Crippen molar-refractivity contribution in [1.82, 2.24) is 0 Å². The van der Waals surface area contributed by atoms with Crippen LogP contribution in [-0.2, 0) is 0 Å². The molecule has 0 aliphatic carbocycles. The van der Waals surface area contributed by atoms with E-state index in [0.717, 1.165) is 10.0 Å². The zero-order valence-corrected chi connectivity index (χ0v) is 13.3. The molecule has 2 aromatic carbocycles. The van der Waals surface area contributed by atoms with Crippen LogP contribution in [0.25, 0.3) is 11.6 Å². The molecule has 2 aromatic rings. The number of allylic oxidation sites excluding steroid dienone is 1. The van der Waals surface area contributed by atoms with E-state index in [0.29, 0.717) is 23.5 Å². The summed E-state index contributed by atoms with van der Waals surface area (Å²) in [5, 5.41) is 9.28. The first-order valence-corrected chi connectivity index (χ1v) is 7.34. The van der Waals surface area contributed by atoms with Crippen molar-refractivity contribution in [3.8, 4) is 11.8 Å². The highest BCUT2D eigenvalue weighted by molar-refractivity contribution is 9.10. The van der Waals surface area contributed by atoms with Gasteiger partial charge in [-0.2, -0.15) is 5.26 Å².